The van der Waals surface area contributed by atoms with E-state index in [4.69, 9.17) is 11.6 Å². The van der Waals surface area contributed by atoms with E-state index in [1.165, 1.54) is 0 Å². The highest BCUT2D eigenvalue weighted by Crippen LogP contribution is 2.05. The summed E-state index contributed by atoms with van der Waals surface area (Å²) in [7, 11) is 0. The van der Waals surface area contributed by atoms with Crippen molar-refractivity contribution < 1.29 is 0 Å². The van der Waals surface area contributed by atoms with Crippen LogP contribution in [0.5, 0.6) is 0 Å². The molecule has 0 atom stereocenters. The van der Waals surface area contributed by atoms with Crippen LogP contribution in [0.15, 0.2) is 18.3 Å². The van der Waals surface area contributed by atoms with Crippen molar-refractivity contribution in [2.45, 2.75) is 0 Å². The van der Waals surface area contributed by atoms with E-state index in [-0.39, 0.29) is 5.28 Å². The molecule has 0 amide bonds. The molecule has 0 aliphatic rings. The van der Waals surface area contributed by atoms with Crippen LogP contribution in [0.4, 0.5) is 0 Å². The van der Waals surface area contributed by atoms with Crippen molar-refractivity contribution in [1.82, 2.24) is 20.2 Å². The average Bonchev–Trinajstić information content (AvgIpc) is 2.04. The number of halogens is 1. The number of aromatic nitrogens is 4. The minimum atomic E-state index is 0.121. The van der Waals surface area contributed by atoms with Gasteiger partial charge >= 0.3 is 0 Å². The highest BCUT2D eigenvalue weighted by molar-refractivity contribution is 6.28. The van der Waals surface area contributed by atoms with Crippen molar-refractivity contribution in [3.63, 3.8) is 0 Å². The van der Waals surface area contributed by atoms with Gasteiger partial charge in [-0.3, -0.25) is 0 Å². The lowest BCUT2D eigenvalue weighted by atomic mass is 10.4. The molecule has 0 spiro atoms. The first-order valence-corrected chi connectivity index (χ1v) is 3.35. The van der Waals surface area contributed by atoms with Crippen LogP contribution in [-0.4, -0.2) is 20.2 Å². The zero-order valence-corrected chi connectivity index (χ0v) is 6.15. The standard InChI is InChI=1S/C6H3ClN4/c7-6-9-5-4(10-11-6)2-1-3-8-5/h1-3H. The molecule has 54 valence electrons. The summed E-state index contributed by atoms with van der Waals surface area (Å²) >= 11 is 5.49. The molecule has 0 N–H and O–H groups in total. The van der Waals surface area contributed by atoms with Crippen molar-refractivity contribution in [1.29, 1.82) is 0 Å². The van der Waals surface area contributed by atoms with Gasteiger partial charge in [-0.2, -0.15) is 4.98 Å². The van der Waals surface area contributed by atoms with E-state index in [2.05, 4.69) is 20.2 Å². The maximum Gasteiger partial charge on any atom is 0.245 e. The Morgan fingerprint density at radius 1 is 1.27 bits per heavy atom. The minimum absolute atomic E-state index is 0.121. The van der Waals surface area contributed by atoms with Crippen LogP contribution in [0.3, 0.4) is 0 Å². The van der Waals surface area contributed by atoms with Crippen molar-refractivity contribution in [3.05, 3.63) is 23.6 Å². The first-order valence-electron chi connectivity index (χ1n) is 2.97. The van der Waals surface area contributed by atoms with Crippen LogP contribution in [0, 0.1) is 0 Å². The molecule has 0 fully saturated rings. The predicted octanol–water partition coefficient (Wildman–Crippen LogP) is 1.07. The third-order valence-corrected chi connectivity index (χ3v) is 1.36. The van der Waals surface area contributed by atoms with Gasteiger partial charge in [0.2, 0.25) is 5.28 Å². The smallest absolute Gasteiger partial charge is 0.235 e. The molecule has 0 radical (unpaired) electrons. The fourth-order valence-electron chi connectivity index (χ4n) is 0.758. The Bertz CT molecular complexity index is 389. The topological polar surface area (TPSA) is 51.6 Å². The van der Waals surface area contributed by atoms with Gasteiger partial charge in [0.05, 0.1) is 0 Å². The van der Waals surface area contributed by atoms with Gasteiger partial charge in [0.25, 0.3) is 0 Å². The van der Waals surface area contributed by atoms with Crippen LogP contribution in [0.1, 0.15) is 0 Å². The van der Waals surface area contributed by atoms with Gasteiger partial charge in [0.15, 0.2) is 5.65 Å². The molecule has 5 heteroatoms. The molecule has 2 aromatic rings. The molecule has 0 aliphatic carbocycles. The van der Waals surface area contributed by atoms with E-state index >= 15 is 0 Å². The van der Waals surface area contributed by atoms with Gasteiger partial charge in [0.1, 0.15) is 5.52 Å². The number of rotatable bonds is 0. The maximum atomic E-state index is 5.49. The first-order chi connectivity index (χ1) is 5.36. The molecule has 2 heterocycles. The summed E-state index contributed by atoms with van der Waals surface area (Å²) in [6, 6.07) is 3.55. The lowest BCUT2D eigenvalue weighted by molar-refractivity contribution is 1.01. The monoisotopic (exact) mass is 166 g/mol. The van der Waals surface area contributed by atoms with Crippen molar-refractivity contribution in [2.24, 2.45) is 0 Å². The molecule has 0 unspecified atom stereocenters. The third kappa shape index (κ3) is 1.12. The van der Waals surface area contributed by atoms with E-state index in [1.54, 1.807) is 18.3 Å². The van der Waals surface area contributed by atoms with Crippen LogP contribution < -0.4 is 0 Å². The number of hydrogen-bond acceptors (Lipinski definition) is 4. The quantitative estimate of drug-likeness (QED) is 0.588. The van der Waals surface area contributed by atoms with Gasteiger partial charge in [-0.15, -0.1) is 10.2 Å². The van der Waals surface area contributed by atoms with E-state index < -0.39 is 0 Å². The Kier molecular flexibility index (Phi) is 1.40. The second kappa shape index (κ2) is 2.39. The Hall–Kier alpha value is -1.29. The molecule has 2 aromatic heterocycles. The van der Waals surface area contributed by atoms with Gasteiger partial charge < -0.3 is 0 Å². The normalized spacial score (nSPS) is 10.3. The molecule has 2 rings (SSSR count). The molecule has 0 bridgehead atoms. The van der Waals surface area contributed by atoms with Gasteiger partial charge in [-0.05, 0) is 23.7 Å². The lowest BCUT2D eigenvalue weighted by Gasteiger charge is -1.91. The molecular weight excluding hydrogens is 164 g/mol. The highest BCUT2D eigenvalue weighted by Gasteiger charge is 1.96. The largest absolute Gasteiger partial charge is 0.245 e. The zero-order chi connectivity index (χ0) is 7.68. The highest BCUT2D eigenvalue weighted by atomic mass is 35.5. The van der Waals surface area contributed by atoms with Crippen LogP contribution in [-0.2, 0) is 0 Å². The summed E-state index contributed by atoms with van der Waals surface area (Å²) in [6.45, 7) is 0. The van der Waals surface area contributed by atoms with Crippen LogP contribution in [0.25, 0.3) is 11.2 Å². The Morgan fingerprint density at radius 2 is 2.18 bits per heavy atom. The molecule has 0 aliphatic heterocycles. The summed E-state index contributed by atoms with van der Waals surface area (Å²) in [5, 5.41) is 7.47. The number of hydrogen-bond donors (Lipinski definition) is 0. The SMILES string of the molecule is Clc1nnc2cccnc2n1. The van der Waals surface area contributed by atoms with E-state index in [0.29, 0.717) is 11.2 Å². The van der Waals surface area contributed by atoms with Gasteiger partial charge in [-0.25, -0.2) is 4.98 Å². The summed E-state index contributed by atoms with van der Waals surface area (Å²) in [6.07, 6.45) is 1.63. The van der Waals surface area contributed by atoms with E-state index in [9.17, 15) is 0 Å². The first kappa shape index (κ1) is 6.42. The van der Waals surface area contributed by atoms with E-state index in [0.717, 1.165) is 0 Å². The average molecular weight is 167 g/mol. The second-order valence-corrected chi connectivity index (χ2v) is 2.27. The summed E-state index contributed by atoms with van der Waals surface area (Å²) < 4.78 is 0. The van der Waals surface area contributed by atoms with Crippen molar-refractivity contribution in [3.8, 4) is 0 Å². The maximum absolute atomic E-state index is 5.49. The predicted molar refractivity (Wildman–Crippen MR) is 40.1 cm³/mol. The molecule has 0 saturated heterocycles. The lowest BCUT2D eigenvalue weighted by Crippen LogP contribution is -1.90. The Morgan fingerprint density at radius 3 is 3.09 bits per heavy atom. The molecule has 4 nitrogen and oxygen atoms in total. The molecular formula is C6H3ClN4. The molecule has 0 aromatic carbocycles. The fourth-order valence-corrected chi connectivity index (χ4v) is 0.875. The molecule has 0 saturated carbocycles. The van der Waals surface area contributed by atoms with Crippen LogP contribution in [0.2, 0.25) is 5.28 Å². The summed E-state index contributed by atoms with van der Waals surface area (Å²) in [5.41, 5.74) is 1.17. The van der Waals surface area contributed by atoms with E-state index in [1.807, 2.05) is 0 Å². The fraction of sp³-hybridized carbons (Fsp3) is 0. The minimum Gasteiger partial charge on any atom is -0.235 e. The van der Waals surface area contributed by atoms with Gasteiger partial charge in [-0.1, -0.05) is 0 Å². The summed E-state index contributed by atoms with van der Waals surface area (Å²) in [4.78, 5) is 7.80. The van der Waals surface area contributed by atoms with Gasteiger partial charge in [0, 0.05) is 6.20 Å². The second-order valence-electron chi connectivity index (χ2n) is 1.93. The number of pyridine rings is 1. The molecule has 11 heavy (non-hydrogen) atoms. The van der Waals surface area contributed by atoms with Crippen molar-refractivity contribution in [2.75, 3.05) is 0 Å². The Balaban J connectivity index is 2.83. The Labute approximate surface area is 67.3 Å². The number of fused-ring (bicyclic) bond motifs is 1. The summed E-state index contributed by atoms with van der Waals surface area (Å²) in [5.74, 6) is 0. The zero-order valence-electron chi connectivity index (χ0n) is 5.40. The number of nitrogens with zero attached hydrogens (tertiary/aromatic N) is 4. The third-order valence-electron chi connectivity index (χ3n) is 1.20. The van der Waals surface area contributed by atoms with Crippen LogP contribution >= 0.6 is 11.6 Å². The van der Waals surface area contributed by atoms with Crippen molar-refractivity contribution >= 4 is 22.8 Å².